The zero-order valence-electron chi connectivity index (χ0n) is 10.0. The van der Waals surface area contributed by atoms with Crippen LogP contribution in [0.1, 0.15) is 21.9 Å². The quantitative estimate of drug-likeness (QED) is 0.888. The smallest absolute Gasteiger partial charge is 0.371 e. The number of nitrogens with one attached hydrogen (secondary N) is 1. The van der Waals surface area contributed by atoms with Gasteiger partial charge in [-0.25, -0.2) is 4.79 Å². The van der Waals surface area contributed by atoms with Gasteiger partial charge >= 0.3 is 5.97 Å². The van der Waals surface area contributed by atoms with E-state index in [1.165, 1.54) is 6.07 Å². The standard InChI is InChI=1S/C13H11Cl2NO3/c1-7-8(5-11(19-7)13(17)18)6-16-12-9(14)3-2-4-10(12)15/h2-5,16H,6H2,1H3,(H,17,18). The molecule has 0 unspecified atom stereocenters. The van der Waals surface area contributed by atoms with Gasteiger partial charge in [0.25, 0.3) is 0 Å². The molecule has 2 aromatic rings. The number of halogens is 2. The summed E-state index contributed by atoms with van der Waals surface area (Å²) in [6.07, 6.45) is 0. The minimum Gasteiger partial charge on any atom is -0.475 e. The Balaban J connectivity index is 2.17. The van der Waals surface area contributed by atoms with E-state index in [1.54, 1.807) is 25.1 Å². The highest BCUT2D eigenvalue weighted by Crippen LogP contribution is 2.30. The van der Waals surface area contributed by atoms with Crippen LogP contribution in [0, 0.1) is 6.92 Å². The summed E-state index contributed by atoms with van der Waals surface area (Å²) >= 11 is 12.1. The van der Waals surface area contributed by atoms with Gasteiger partial charge in [0.15, 0.2) is 0 Å². The number of hydrogen-bond acceptors (Lipinski definition) is 3. The lowest BCUT2D eigenvalue weighted by Crippen LogP contribution is -2.01. The van der Waals surface area contributed by atoms with Gasteiger partial charge in [-0.05, 0) is 25.1 Å². The van der Waals surface area contributed by atoms with Gasteiger partial charge < -0.3 is 14.8 Å². The highest BCUT2D eigenvalue weighted by atomic mass is 35.5. The number of benzene rings is 1. The van der Waals surface area contributed by atoms with Gasteiger partial charge in [-0.1, -0.05) is 29.3 Å². The van der Waals surface area contributed by atoms with Crippen molar-refractivity contribution < 1.29 is 14.3 Å². The number of carboxylic acids is 1. The number of aryl methyl sites for hydroxylation is 1. The van der Waals surface area contributed by atoms with E-state index in [1.807, 2.05) is 0 Å². The fourth-order valence-electron chi connectivity index (χ4n) is 1.65. The largest absolute Gasteiger partial charge is 0.475 e. The van der Waals surface area contributed by atoms with Crippen LogP contribution in [0.25, 0.3) is 0 Å². The molecule has 6 heteroatoms. The van der Waals surface area contributed by atoms with Crippen LogP contribution in [-0.4, -0.2) is 11.1 Å². The van der Waals surface area contributed by atoms with E-state index < -0.39 is 5.97 Å². The lowest BCUT2D eigenvalue weighted by molar-refractivity contribution is 0.0661. The third kappa shape index (κ3) is 3.03. The van der Waals surface area contributed by atoms with Crippen LogP contribution in [-0.2, 0) is 6.54 Å². The Morgan fingerprint density at radius 1 is 1.37 bits per heavy atom. The predicted molar refractivity (Wildman–Crippen MR) is 74.2 cm³/mol. The number of para-hydroxylation sites is 1. The van der Waals surface area contributed by atoms with Crippen LogP contribution in [0.3, 0.4) is 0 Å². The Labute approximate surface area is 119 Å². The fraction of sp³-hybridized carbons (Fsp3) is 0.154. The van der Waals surface area contributed by atoms with E-state index >= 15 is 0 Å². The van der Waals surface area contributed by atoms with Crippen molar-refractivity contribution in [1.29, 1.82) is 0 Å². The molecule has 0 bridgehead atoms. The summed E-state index contributed by atoms with van der Waals surface area (Å²) in [4.78, 5) is 10.8. The molecule has 0 saturated carbocycles. The molecule has 19 heavy (non-hydrogen) atoms. The topological polar surface area (TPSA) is 62.5 Å². The van der Waals surface area contributed by atoms with Crippen molar-refractivity contribution in [3.63, 3.8) is 0 Å². The van der Waals surface area contributed by atoms with Gasteiger partial charge in [0.1, 0.15) is 5.76 Å². The molecule has 0 aliphatic rings. The Bertz CT molecular complexity index is 602. The molecule has 4 nitrogen and oxygen atoms in total. The molecule has 1 aromatic heterocycles. The molecule has 0 atom stereocenters. The predicted octanol–water partition coefficient (Wildman–Crippen LogP) is 4.21. The molecule has 2 N–H and O–H groups in total. The highest BCUT2D eigenvalue weighted by Gasteiger charge is 2.13. The number of aromatic carboxylic acids is 1. The first-order valence-corrected chi connectivity index (χ1v) is 6.25. The number of carboxylic acid groups (broad SMARTS) is 1. The number of rotatable bonds is 4. The number of hydrogen-bond donors (Lipinski definition) is 2. The fourth-order valence-corrected chi connectivity index (χ4v) is 2.18. The van der Waals surface area contributed by atoms with E-state index in [0.717, 1.165) is 5.56 Å². The molecule has 2 rings (SSSR count). The second kappa shape index (κ2) is 5.55. The Kier molecular flexibility index (Phi) is 4.02. The molecule has 0 aliphatic heterocycles. The summed E-state index contributed by atoms with van der Waals surface area (Å²) < 4.78 is 5.12. The van der Waals surface area contributed by atoms with Gasteiger partial charge in [0.05, 0.1) is 15.7 Å². The SMILES string of the molecule is Cc1oc(C(=O)O)cc1CNc1c(Cl)cccc1Cl. The highest BCUT2D eigenvalue weighted by molar-refractivity contribution is 6.39. The number of anilines is 1. The summed E-state index contributed by atoms with van der Waals surface area (Å²) in [6.45, 7) is 2.09. The van der Waals surface area contributed by atoms with Gasteiger partial charge in [-0.2, -0.15) is 0 Å². The van der Waals surface area contributed by atoms with Crippen LogP contribution in [0.15, 0.2) is 28.7 Å². The van der Waals surface area contributed by atoms with E-state index in [0.29, 0.717) is 28.0 Å². The second-order valence-corrected chi connectivity index (χ2v) is 4.76. The Morgan fingerprint density at radius 2 is 2.00 bits per heavy atom. The minimum atomic E-state index is -1.09. The summed E-state index contributed by atoms with van der Waals surface area (Å²) in [5.74, 6) is -0.627. The zero-order chi connectivity index (χ0) is 14.0. The molecule has 0 amide bonds. The summed E-state index contributed by atoms with van der Waals surface area (Å²) in [5, 5.41) is 12.9. The van der Waals surface area contributed by atoms with Gasteiger partial charge in [0, 0.05) is 12.1 Å². The van der Waals surface area contributed by atoms with Crippen LogP contribution in [0.2, 0.25) is 10.0 Å². The van der Waals surface area contributed by atoms with E-state index in [4.69, 9.17) is 32.7 Å². The first-order valence-electron chi connectivity index (χ1n) is 5.49. The normalized spacial score (nSPS) is 10.5. The molecule has 0 aliphatic carbocycles. The maximum Gasteiger partial charge on any atom is 0.371 e. The van der Waals surface area contributed by atoms with Gasteiger partial charge in [-0.15, -0.1) is 0 Å². The van der Waals surface area contributed by atoms with Crippen molar-refractivity contribution in [3.05, 3.63) is 51.4 Å². The first-order chi connectivity index (χ1) is 8.99. The summed E-state index contributed by atoms with van der Waals surface area (Å²) in [5.41, 5.74) is 1.36. The Hall–Kier alpha value is -1.65. The molecule has 0 fully saturated rings. The van der Waals surface area contributed by atoms with Crippen molar-refractivity contribution >= 4 is 34.9 Å². The molecular weight excluding hydrogens is 289 g/mol. The van der Waals surface area contributed by atoms with Crippen LogP contribution < -0.4 is 5.32 Å². The van der Waals surface area contributed by atoms with Crippen LogP contribution in [0.5, 0.6) is 0 Å². The second-order valence-electron chi connectivity index (χ2n) is 3.95. The van der Waals surface area contributed by atoms with E-state index in [9.17, 15) is 4.79 Å². The van der Waals surface area contributed by atoms with E-state index in [-0.39, 0.29) is 5.76 Å². The first kappa shape index (κ1) is 13.8. The third-order valence-corrected chi connectivity index (χ3v) is 3.28. The van der Waals surface area contributed by atoms with Gasteiger partial charge in [-0.3, -0.25) is 0 Å². The molecule has 100 valence electrons. The average Bonchev–Trinajstić information content (AvgIpc) is 2.70. The zero-order valence-corrected chi connectivity index (χ0v) is 11.5. The molecular formula is C13H11Cl2NO3. The van der Waals surface area contributed by atoms with Crippen LogP contribution in [0.4, 0.5) is 5.69 Å². The Morgan fingerprint density at radius 3 is 2.53 bits per heavy atom. The number of carbonyl (C=O) groups is 1. The minimum absolute atomic E-state index is 0.0837. The van der Waals surface area contributed by atoms with Crippen molar-refractivity contribution in [1.82, 2.24) is 0 Å². The van der Waals surface area contributed by atoms with Crippen molar-refractivity contribution in [2.75, 3.05) is 5.32 Å². The van der Waals surface area contributed by atoms with Crippen molar-refractivity contribution in [2.45, 2.75) is 13.5 Å². The summed E-state index contributed by atoms with van der Waals surface area (Å²) in [7, 11) is 0. The molecule has 1 aromatic carbocycles. The summed E-state index contributed by atoms with van der Waals surface area (Å²) in [6, 6.07) is 6.68. The monoisotopic (exact) mass is 299 g/mol. The molecule has 0 spiro atoms. The van der Waals surface area contributed by atoms with Crippen molar-refractivity contribution in [2.24, 2.45) is 0 Å². The third-order valence-electron chi connectivity index (χ3n) is 2.65. The van der Waals surface area contributed by atoms with E-state index in [2.05, 4.69) is 5.32 Å². The number of furan rings is 1. The lowest BCUT2D eigenvalue weighted by atomic mass is 10.2. The molecule has 1 heterocycles. The average molecular weight is 300 g/mol. The lowest BCUT2D eigenvalue weighted by Gasteiger charge is -2.09. The maximum absolute atomic E-state index is 10.8. The molecule has 0 saturated heterocycles. The maximum atomic E-state index is 10.8. The van der Waals surface area contributed by atoms with Crippen molar-refractivity contribution in [3.8, 4) is 0 Å². The van der Waals surface area contributed by atoms with Crippen LogP contribution >= 0.6 is 23.2 Å². The van der Waals surface area contributed by atoms with Gasteiger partial charge in [0.2, 0.25) is 5.76 Å². The molecule has 0 radical (unpaired) electrons.